The zero-order valence-corrected chi connectivity index (χ0v) is 11.5. The molecule has 102 valence electrons. The highest BCUT2D eigenvalue weighted by Gasteiger charge is 2.08. The smallest absolute Gasteiger partial charge is 0.119 e. The molecule has 0 aliphatic rings. The minimum absolute atomic E-state index is 0.270. The van der Waals surface area contributed by atoms with Gasteiger partial charge in [-0.1, -0.05) is 11.6 Å². The van der Waals surface area contributed by atoms with E-state index in [1.807, 2.05) is 17.8 Å². The quantitative estimate of drug-likeness (QED) is 0.884. The largest absolute Gasteiger partial charge is 0.491 e. The van der Waals surface area contributed by atoms with Crippen molar-refractivity contribution in [3.05, 3.63) is 47.5 Å². The fourth-order valence-electron chi connectivity index (χ4n) is 1.74. The molecule has 0 radical (unpaired) electrons. The van der Waals surface area contributed by atoms with Crippen LogP contribution >= 0.6 is 11.6 Å². The Kier molecular flexibility index (Phi) is 4.82. The number of aryl methyl sites for hydroxylation is 2. The Morgan fingerprint density at radius 3 is 2.74 bits per heavy atom. The lowest BCUT2D eigenvalue weighted by molar-refractivity contribution is 0.0996. The molecule has 1 heterocycles. The van der Waals surface area contributed by atoms with Gasteiger partial charge in [0.05, 0.1) is 6.10 Å². The zero-order valence-electron chi connectivity index (χ0n) is 10.8. The molecule has 1 N–H and O–H groups in total. The Hall–Kier alpha value is -1.52. The van der Waals surface area contributed by atoms with E-state index in [2.05, 4.69) is 4.98 Å². The molecule has 19 heavy (non-hydrogen) atoms. The minimum Gasteiger partial charge on any atom is -0.491 e. The summed E-state index contributed by atoms with van der Waals surface area (Å²) in [6.07, 6.45) is 4.50. The van der Waals surface area contributed by atoms with E-state index < -0.39 is 6.10 Å². The van der Waals surface area contributed by atoms with E-state index >= 15 is 0 Å². The fraction of sp³-hybridized carbons (Fsp3) is 0.357. The monoisotopic (exact) mass is 280 g/mol. The van der Waals surface area contributed by atoms with Crippen molar-refractivity contribution in [3.63, 3.8) is 0 Å². The van der Waals surface area contributed by atoms with Crippen molar-refractivity contribution >= 4 is 11.6 Å². The van der Waals surface area contributed by atoms with Gasteiger partial charge in [-0.3, -0.25) is 0 Å². The second kappa shape index (κ2) is 6.59. The fourth-order valence-corrected chi connectivity index (χ4v) is 1.87. The number of halogens is 1. The van der Waals surface area contributed by atoms with Gasteiger partial charge in [0, 0.05) is 30.9 Å². The van der Waals surface area contributed by atoms with Crippen molar-refractivity contribution in [2.75, 3.05) is 6.61 Å². The number of benzene rings is 1. The van der Waals surface area contributed by atoms with E-state index in [-0.39, 0.29) is 6.61 Å². The molecule has 0 saturated heterocycles. The number of hydrogen-bond donors (Lipinski definition) is 1. The summed E-state index contributed by atoms with van der Waals surface area (Å²) in [6.45, 7) is 0.270. The average molecular weight is 281 g/mol. The van der Waals surface area contributed by atoms with E-state index in [1.165, 1.54) is 0 Å². The van der Waals surface area contributed by atoms with Crippen LogP contribution in [0.15, 0.2) is 36.7 Å². The third-order valence-corrected chi connectivity index (χ3v) is 3.13. The summed E-state index contributed by atoms with van der Waals surface area (Å²) < 4.78 is 7.44. The summed E-state index contributed by atoms with van der Waals surface area (Å²) in [5.74, 6) is 1.67. The molecular formula is C14H17ClN2O2. The summed E-state index contributed by atoms with van der Waals surface area (Å²) in [5, 5.41) is 10.5. The Bertz CT molecular complexity index is 510. The van der Waals surface area contributed by atoms with E-state index in [9.17, 15) is 5.11 Å². The van der Waals surface area contributed by atoms with E-state index in [4.69, 9.17) is 16.3 Å². The summed E-state index contributed by atoms with van der Waals surface area (Å²) >= 11 is 5.78. The van der Waals surface area contributed by atoms with Crippen LogP contribution in [0.4, 0.5) is 0 Å². The Morgan fingerprint density at radius 1 is 1.37 bits per heavy atom. The predicted octanol–water partition coefficient (Wildman–Crippen LogP) is 2.45. The maximum atomic E-state index is 9.87. The van der Waals surface area contributed by atoms with E-state index in [0.717, 1.165) is 12.2 Å². The van der Waals surface area contributed by atoms with Crippen LogP contribution in [-0.4, -0.2) is 27.4 Å². The van der Waals surface area contributed by atoms with Crippen molar-refractivity contribution in [3.8, 4) is 5.75 Å². The first-order valence-electron chi connectivity index (χ1n) is 6.18. The molecule has 1 aromatic carbocycles. The van der Waals surface area contributed by atoms with Crippen molar-refractivity contribution < 1.29 is 9.84 Å². The zero-order chi connectivity index (χ0) is 13.7. The van der Waals surface area contributed by atoms with Crippen LogP contribution in [0.5, 0.6) is 5.75 Å². The third kappa shape index (κ3) is 4.26. The third-order valence-electron chi connectivity index (χ3n) is 2.88. The molecule has 2 aromatic rings. The first-order chi connectivity index (χ1) is 9.15. The lowest BCUT2D eigenvalue weighted by Crippen LogP contribution is -2.19. The summed E-state index contributed by atoms with van der Waals surface area (Å²) in [5.41, 5.74) is 0. The van der Waals surface area contributed by atoms with Crippen LogP contribution in [-0.2, 0) is 13.5 Å². The predicted molar refractivity (Wildman–Crippen MR) is 74.5 cm³/mol. The molecule has 0 fully saturated rings. The Labute approximate surface area is 117 Å². The van der Waals surface area contributed by atoms with Crippen molar-refractivity contribution in [2.45, 2.75) is 18.9 Å². The lowest BCUT2D eigenvalue weighted by atomic mass is 10.2. The molecule has 0 saturated carbocycles. The Balaban J connectivity index is 1.74. The number of rotatable bonds is 6. The minimum atomic E-state index is -0.507. The van der Waals surface area contributed by atoms with Gasteiger partial charge in [0.1, 0.15) is 18.2 Å². The van der Waals surface area contributed by atoms with E-state index in [0.29, 0.717) is 17.2 Å². The highest BCUT2D eigenvalue weighted by molar-refractivity contribution is 6.30. The molecule has 2 rings (SSSR count). The molecule has 1 aromatic heterocycles. The van der Waals surface area contributed by atoms with Crippen LogP contribution in [0.3, 0.4) is 0 Å². The summed E-state index contributed by atoms with van der Waals surface area (Å²) in [6, 6.07) is 7.09. The van der Waals surface area contributed by atoms with Gasteiger partial charge in [-0.05, 0) is 30.7 Å². The van der Waals surface area contributed by atoms with Crippen LogP contribution in [0.2, 0.25) is 5.02 Å². The highest BCUT2D eigenvalue weighted by atomic mass is 35.5. The van der Waals surface area contributed by atoms with Crippen LogP contribution in [0, 0.1) is 0 Å². The number of aliphatic hydroxyl groups excluding tert-OH is 1. The van der Waals surface area contributed by atoms with Crippen LogP contribution in [0.25, 0.3) is 0 Å². The molecule has 5 heteroatoms. The van der Waals surface area contributed by atoms with Gasteiger partial charge in [-0.2, -0.15) is 0 Å². The van der Waals surface area contributed by atoms with Gasteiger partial charge in [0.2, 0.25) is 0 Å². The standard InChI is InChI=1S/C14H17ClN2O2/c1-17-9-8-16-14(17)7-4-12(18)10-19-13-5-2-11(15)3-6-13/h2-3,5-6,8-9,12,18H,4,7,10H2,1H3. The number of imidazole rings is 1. The molecule has 0 aliphatic carbocycles. The summed E-state index contributed by atoms with van der Waals surface area (Å²) in [4.78, 5) is 4.21. The number of aliphatic hydroxyl groups is 1. The maximum absolute atomic E-state index is 9.87. The number of ether oxygens (including phenoxy) is 1. The molecule has 0 amide bonds. The van der Waals surface area contributed by atoms with Gasteiger partial charge >= 0.3 is 0 Å². The number of aromatic nitrogens is 2. The normalized spacial score (nSPS) is 12.4. The molecule has 0 spiro atoms. The first-order valence-corrected chi connectivity index (χ1v) is 6.55. The highest BCUT2D eigenvalue weighted by Crippen LogP contribution is 2.16. The first kappa shape index (κ1) is 13.9. The molecule has 0 bridgehead atoms. The second-order valence-electron chi connectivity index (χ2n) is 4.41. The molecule has 0 aliphatic heterocycles. The van der Waals surface area contributed by atoms with Gasteiger partial charge in [0.25, 0.3) is 0 Å². The van der Waals surface area contributed by atoms with E-state index in [1.54, 1.807) is 30.5 Å². The molecule has 4 nitrogen and oxygen atoms in total. The maximum Gasteiger partial charge on any atom is 0.119 e. The van der Waals surface area contributed by atoms with Crippen molar-refractivity contribution in [1.29, 1.82) is 0 Å². The topological polar surface area (TPSA) is 47.3 Å². The van der Waals surface area contributed by atoms with Gasteiger partial charge in [0.15, 0.2) is 0 Å². The van der Waals surface area contributed by atoms with Gasteiger partial charge < -0.3 is 14.4 Å². The average Bonchev–Trinajstić information content (AvgIpc) is 2.81. The number of hydrogen-bond acceptors (Lipinski definition) is 3. The van der Waals surface area contributed by atoms with Gasteiger partial charge in [-0.25, -0.2) is 4.98 Å². The van der Waals surface area contributed by atoms with Crippen molar-refractivity contribution in [2.24, 2.45) is 7.05 Å². The van der Waals surface area contributed by atoms with Gasteiger partial charge in [-0.15, -0.1) is 0 Å². The lowest BCUT2D eigenvalue weighted by Gasteiger charge is -2.12. The second-order valence-corrected chi connectivity index (χ2v) is 4.85. The van der Waals surface area contributed by atoms with Crippen LogP contribution < -0.4 is 4.74 Å². The van der Waals surface area contributed by atoms with Crippen molar-refractivity contribution in [1.82, 2.24) is 9.55 Å². The molecule has 1 atom stereocenters. The van der Waals surface area contributed by atoms with Crippen LogP contribution in [0.1, 0.15) is 12.2 Å². The summed E-state index contributed by atoms with van der Waals surface area (Å²) in [7, 11) is 1.94. The number of nitrogens with zero attached hydrogens (tertiary/aromatic N) is 2. The molecular weight excluding hydrogens is 264 g/mol. The Morgan fingerprint density at radius 2 is 2.11 bits per heavy atom. The SMILES string of the molecule is Cn1ccnc1CCC(O)COc1ccc(Cl)cc1. The molecule has 1 unspecified atom stereocenters.